The molecule has 0 spiro atoms. The van der Waals surface area contributed by atoms with E-state index in [-0.39, 0.29) is 5.95 Å². The molecule has 1 aliphatic carbocycles. The van der Waals surface area contributed by atoms with Gasteiger partial charge in [0.25, 0.3) is 0 Å². The van der Waals surface area contributed by atoms with Gasteiger partial charge in [0.15, 0.2) is 0 Å². The predicted molar refractivity (Wildman–Crippen MR) is 151 cm³/mol. The first kappa shape index (κ1) is 25.3. The molecular formula is C30H34N6O2. The zero-order valence-electron chi connectivity index (χ0n) is 21.7. The minimum Gasteiger partial charge on any atom is -0.497 e. The fourth-order valence-corrected chi connectivity index (χ4v) is 4.65. The van der Waals surface area contributed by atoms with Gasteiger partial charge in [0, 0.05) is 11.7 Å². The number of nitrogens with two attached hydrogens (primary N) is 1. The van der Waals surface area contributed by atoms with Crippen LogP contribution in [-0.2, 0) is 13.2 Å². The monoisotopic (exact) mass is 510 g/mol. The van der Waals surface area contributed by atoms with Crippen LogP contribution in [0.25, 0.3) is 0 Å². The molecule has 0 atom stereocenters. The lowest BCUT2D eigenvalue weighted by molar-refractivity contribution is 0.306. The van der Waals surface area contributed by atoms with Crippen molar-refractivity contribution in [1.29, 1.82) is 0 Å². The van der Waals surface area contributed by atoms with Crippen molar-refractivity contribution in [2.24, 2.45) is 0 Å². The first-order valence-electron chi connectivity index (χ1n) is 13.1. The average molecular weight is 511 g/mol. The van der Waals surface area contributed by atoms with Gasteiger partial charge in [0.1, 0.15) is 18.1 Å². The number of nitrogen functional groups attached to an aromatic ring is 1. The van der Waals surface area contributed by atoms with Gasteiger partial charge in [-0.25, -0.2) is 0 Å². The first-order chi connectivity index (χ1) is 18.7. The zero-order chi connectivity index (χ0) is 26.2. The minimum absolute atomic E-state index is 0.191. The Labute approximate surface area is 223 Å². The van der Waals surface area contributed by atoms with Crippen molar-refractivity contribution in [3.05, 3.63) is 90.0 Å². The summed E-state index contributed by atoms with van der Waals surface area (Å²) in [5.41, 5.74) is 9.29. The molecule has 1 heterocycles. The molecule has 0 saturated heterocycles. The fourth-order valence-electron chi connectivity index (χ4n) is 4.65. The third kappa shape index (κ3) is 6.70. The number of nitrogens with one attached hydrogen (secondary N) is 1. The van der Waals surface area contributed by atoms with E-state index < -0.39 is 0 Å². The lowest BCUT2D eigenvalue weighted by Gasteiger charge is -2.25. The summed E-state index contributed by atoms with van der Waals surface area (Å²) in [6, 6.07) is 26.4. The second-order valence-electron chi connectivity index (χ2n) is 9.50. The van der Waals surface area contributed by atoms with Crippen molar-refractivity contribution in [3.8, 4) is 11.5 Å². The number of rotatable bonds is 10. The van der Waals surface area contributed by atoms with Gasteiger partial charge in [0.05, 0.1) is 13.7 Å². The highest BCUT2D eigenvalue weighted by Crippen LogP contribution is 2.29. The fraction of sp³-hybridized carbons (Fsp3) is 0.300. The molecule has 1 saturated carbocycles. The van der Waals surface area contributed by atoms with Crippen LogP contribution in [0.15, 0.2) is 78.9 Å². The van der Waals surface area contributed by atoms with Crippen molar-refractivity contribution in [2.45, 2.75) is 51.3 Å². The van der Waals surface area contributed by atoms with Gasteiger partial charge >= 0.3 is 0 Å². The molecule has 196 valence electrons. The molecule has 38 heavy (non-hydrogen) atoms. The summed E-state index contributed by atoms with van der Waals surface area (Å²) in [5, 5.41) is 3.48. The Bertz CT molecular complexity index is 1290. The third-order valence-electron chi connectivity index (χ3n) is 6.72. The second kappa shape index (κ2) is 12.3. The van der Waals surface area contributed by atoms with Gasteiger partial charge in [0.2, 0.25) is 17.8 Å². The maximum Gasteiger partial charge on any atom is 0.236 e. The number of ether oxygens (including phenoxy) is 2. The van der Waals surface area contributed by atoms with E-state index in [2.05, 4.69) is 27.4 Å². The number of hydrogen-bond donors (Lipinski definition) is 2. The highest BCUT2D eigenvalue weighted by atomic mass is 16.5. The van der Waals surface area contributed by atoms with Crippen molar-refractivity contribution in [3.63, 3.8) is 0 Å². The molecule has 1 aliphatic rings. The summed E-state index contributed by atoms with van der Waals surface area (Å²) in [4.78, 5) is 15.7. The maximum atomic E-state index is 6.17. The van der Waals surface area contributed by atoms with E-state index in [1.54, 1.807) is 7.11 Å². The van der Waals surface area contributed by atoms with Crippen LogP contribution in [0, 0.1) is 0 Å². The number of methoxy groups -OCH3 is 1. The molecule has 0 unspecified atom stereocenters. The zero-order valence-corrected chi connectivity index (χ0v) is 21.7. The van der Waals surface area contributed by atoms with Crippen LogP contribution in [0.3, 0.4) is 0 Å². The molecule has 8 heteroatoms. The number of benzene rings is 3. The molecule has 0 radical (unpaired) electrons. The van der Waals surface area contributed by atoms with E-state index in [1.165, 1.54) is 19.3 Å². The van der Waals surface area contributed by atoms with Crippen molar-refractivity contribution in [2.75, 3.05) is 23.1 Å². The molecule has 0 bridgehead atoms. The third-order valence-corrected chi connectivity index (χ3v) is 6.72. The van der Waals surface area contributed by atoms with Gasteiger partial charge in [-0.05, 0) is 60.4 Å². The Morgan fingerprint density at radius 1 is 0.816 bits per heavy atom. The van der Waals surface area contributed by atoms with Gasteiger partial charge in [-0.1, -0.05) is 61.7 Å². The lowest BCUT2D eigenvalue weighted by Crippen LogP contribution is -2.25. The second-order valence-corrected chi connectivity index (χ2v) is 9.50. The Hall–Kier alpha value is -4.33. The van der Waals surface area contributed by atoms with E-state index in [4.69, 9.17) is 20.2 Å². The largest absolute Gasteiger partial charge is 0.497 e. The first-order valence-corrected chi connectivity index (χ1v) is 13.1. The summed E-state index contributed by atoms with van der Waals surface area (Å²) in [7, 11) is 1.66. The standard InChI is InChI=1S/C30H34N6O2/c1-37-26-16-12-22(13-17-26)20-36(25-14-18-27(19-15-25)38-21-23-8-4-2-5-9-23)30-34-28(31)33-29(35-30)32-24-10-6-3-7-11-24/h2,4-5,8-9,12-19,24H,3,6-7,10-11,20-21H2,1H3,(H3,31,32,33,34,35). The lowest BCUT2D eigenvalue weighted by atomic mass is 9.96. The summed E-state index contributed by atoms with van der Waals surface area (Å²) in [6.07, 6.45) is 5.94. The van der Waals surface area contributed by atoms with E-state index in [0.29, 0.717) is 31.1 Å². The van der Waals surface area contributed by atoms with Crippen LogP contribution in [0.1, 0.15) is 43.2 Å². The highest BCUT2D eigenvalue weighted by Gasteiger charge is 2.19. The molecule has 8 nitrogen and oxygen atoms in total. The topological polar surface area (TPSA) is 98.4 Å². The Morgan fingerprint density at radius 2 is 1.53 bits per heavy atom. The van der Waals surface area contributed by atoms with Crippen molar-refractivity contribution >= 4 is 23.5 Å². The Morgan fingerprint density at radius 3 is 2.24 bits per heavy atom. The van der Waals surface area contributed by atoms with Gasteiger partial charge in [-0.2, -0.15) is 15.0 Å². The molecule has 1 aromatic heterocycles. The summed E-state index contributed by atoms with van der Waals surface area (Å²) in [5.74, 6) is 2.79. The highest BCUT2D eigenvalue weighted by molar-refractivity contribution is 5.60. The quantitative estimate of drug-likeness (QED) is 0.263. The van der Waals surface area contributed by atoms with Crippen molar-refractivity contribution < 1.29 is 9.47 Å². The van der Waals surface area contributed by atoms with E-state index in [9.17, 15) is 0 Å². The Balaban J connectivity index is 1.40. The average Bonchev–Trinajstić information content (AvgIpc) is 2.96. The number of anilines is 4. The normalized spacial score (nSPS) is 13.6. The number of aromatic nitrogens is 3. The van der Waals surface area contributed by atoms with Gasteiger partial charge in [-0.3, -0.25) is 0 Å². The molecule has 3 N–H and O–H groups in total. The summed E-state index contributed by atoms with van der Waals surface area (Å²) >= 11 is 0. The molecule has 0 amide bonds. The van der Waals surface area contributed by atoms with Crippen LogP contribution in [0.4, 0.5) is 23.5 Å². The molecule has 1 fully saturated rings. The number of nitrogens with zero attached hydrogens (tertiary/aromatic N) is 4. The van der Waals surface area contributed by atoms with E-state index >= 15 is 0 Å². The Kier molecular flexibility index (Phi) is 8.18. The molecule has 3 aromatic carbocycles. The van der Waals surface area contributed by atoms with E-state index in [1.807, 2.05) is 71.6 Å². The van der Waals surface area contributed by atoms with E-state index in [0.717, 1.165) is 41.2 Å². The molecule has 5 rings (SSSR count). The summed E-state index contributed by atoms with van der Waals surface area (Å²) < 4.78 is 11.3. The van der Waals surface area contributed by atoms with Gasteiger partial charge < -0.3 is 25.4 Å². The summed E-state index contributed by atoms with van der Waals surface area (Å²) in [6.45, 7) is 1.05. The van der Waals surface area contributed by atoms with Crippen LogP contribution in [0.2, 0.25) is 0 Å². The SMILES string of the molecule is COc1ccc(CN(c2ccc(OCc3ccccc3)cc2)c2nc(N)nc(NC3CCCCC3)n2)cc1. The molecule has 0 aliphatic heterocycles. The van der Waals surface area contributed by atoms with Crippen LogP contribution < -0.4 is 25.4 Å². The van der Waals surface area contributed by atoms with Gasteiger partial charge in [-0.15, -0.1) is 0 Å². The van der Waals surface area contributed by atoms with Crippen LogP contribution in [0.5, 0.6) is 11.5 Å². The molecule has 4 aromatic rings. The predicted octanol–water partition coefficient (Wildman–Crippen LogP) is 6.12. The van der Waals surface area contributed by atoms with Crippen molar-refractivity contribution in [1.82, 2.24) is 15.0 Å². The minimum atomic E-state index is 0.191. The number of hydrogen-bond acceptors (Lipinski definition) is 8. The van der Waals surface area contributed by atoms with Crippen LogP contribution >= 0.6 is 0 Å². The maximum absolute atomic E-state index is 6.17. The van der Waals surface area contributed by atoms with Crippen LogP contribution in [-0.4, -0.2) is 28.1 Å². The molecular weight excluding hydrogens is 476 g/mol. The smallest absolute Gasteiger partial charge is 0.236 e.